The Kier molecular flexibility index (Phi) is 20.1. The molecule has 0 aliphatic carbocycles. The van der Waals surface area contributed by atoms with Crippen molar-refractivity contribution in [2.45, 2.75) is 44.9 Å². The molecule has 0 aromatic rings. The predicted molar refractivity (Wildman–Crippen MR) is 112 cm³/mol. The second kappa shape index (κ2) is 19.0. The average molecular weight is 461 g/mol. The average Bonchev–Trinajstić information content (AvgIpc) is 2.79. The highest BCUT2D eigenvalue weighted by atomic mass is 16.7. The van der Waals surface area contributed by atoms with Crippen molar-refractivity contribution < 1.29 is 50.4 Å². The van der Waals surface area contributed by atoms with Gasteiger partial charge in [0.1, 0.15) is 12.5 Å². The van der Waals surface area contributed by atoms with Crippen molar-refractivity contribution in [1.29, 1.82) is 0 Å². The molecule has 31 heavy (non-hydrogen) atoms. The number of hydroxylamine groups is 2. The van der Waals surface area contributed by atoms with Gasteiger partial charge in [-0.25, -0.2) is 0 Å². The highest BCUT2D eigenvalue weighted by Gasteiger charge is 2.31. The molecular weight excluding hydrogens is 416 g/mol. The van der Waals surface area contributed by atoms with Gasteiger partial charge in [0.2, 0.25) is 0 Å². The lowest BCUT2D eigenvalue weighted by atomic mass is 9.96. The molecule has 0 spiro atoms. The molecule has 0 bridgehead atoms. The third kappa shape index (κ3) is 11.8. The number of hydrogen-bond donors (Lipinski definition) is 8. The molecule has 12 nitrogen and oxygen atoms in total. The van der Waals surface area contributed by atoms with E-state index in [0.29, 0.717) is 26.3 Å². The fourth-order valence-corrected chi connectivity index (χ4v) is 3.14. The first-order chi connectivity index (χ1) is 14.3. The van der Waals surface area contributed by atoms with Crippen LogP contribution >= 0.6 is 0 Å². The molecule has 6 atom stereocenters. The van der Waals surface area contributed by atoms with Gasteiger partial charge in [0.25, 0.3) is 0 Å². The van der Waals surface area contributed by atoms with Gasteiger partial charge in [-0.2, -0.15) is 5.06 Å². The van der Waals surface area contributed by atoms with Gasteiger partial charge in [0, 0.05) is 45.2 Å². The van der Waals surface area contributed by atoms with Gasteiger partial charge >= 0.3 is 0 Å². The van der Waals surface area contributed by atoms with Crippen LogP contribution < -0.4 is 0 Å². The molecule has 0 radical (unpaired) electrons. The van der Waals surface area contributed by atoms with E-state index in [2.05, 4.69) is 0 Å². The first kappa shape index (κ1) is 32.7. The number of aliphatic hydroxyl groups is 8. The van der Waals surface area contributed by atoms with Crippen LogP contribution in [0.2, 0.25) is 0 Å². The van der Waals surface area contributed by atoms with Gasteiger partial charge in [0.05, 0.1) is 45.7 Å². The molecule has 1 fully saturated rings. The van der Waals surface area contributed by atoms with Crippen LogP contribution in [0.1, 0.15) is 20.3 Å². The molecule has 12 heteroatoms. The Morgan fingerprint density at radius 2 is 1.32 bits per heavy atom. The summed E-state index contributed by atoms with van der Waals surface area (Å²) >= 11 is 0. The summed E-state index contributed by atoms with van der Waals surface area (Å²) in [5, 5.41) is 75.0. The molecule has 1 aliphatic rings. The van der Waals surface area contributed by atoms with Crippen molar-refractivity contribution in [3.63, 3.8) is 0 Å². The third-order valence-electron chi connectivity index (χ3n) is 5.13. The lowest BCUT2D eigenvalue weighted by Gasteiger charge is -2.37. The van der Waals surface area contributed by atoms with Crippen LogP contribution in [0.15, 0.2) is 0 Å². The zero-order chi connectivity index (χ0) is 23.1. The molecule has 1 heterocycles. The smallest absolute Gasteiger partial charge is 0.135 e. The molecule has 0 saturated carbocycles. The Labute approximate surface area is 184 Å². The van der Waals surface area contributed by atoms with Gasteiger partial charge in [0.15, 0.2) is 0 Å². The van der Waals surface area contributed by atoms with Crippen LogP contribution in [-0.4, -0.2) is 142 Å². The number of nitrogens with zero attached hydrogens (tertiary/aromatic N) is 2. The Morgan fingerprint density at radius 1 is 0.871 bits per heavy atom. The van der Waals surface area contributed by atoms with E-state index in [1.807, 2.05) is 0 Å². The van der Waals surface area contributed by atoms with E-state index in [-0.39, 0.29) is 33.5 Å². The zero-order valence-electron chi connectivity index (χ0n) is 17.8. The van der Waals surface area contributed by atoms with Crippen molar-refractivity contribution in [3.8, 4) is 0 Å². The van der Waals surface area contributed by atoms with E-state index in [1.165, 1.54) is 14.2 Å². The Morgan fingerprint density at radius 3 is 1.74 bits per heavy atom. The topological polar surface area (TPSA) is 187 Å². The van der Waals surface area contributed by atoms with Crippen LogP contribution in [0.4, 0.5) is 0 Å². The van der Waals surface area contributed by atoms with E-state index in [9.17, 15) is 20.4 Å². The molecular formula is C19H44N2O10. The van der Waals surface area contributed by atoms with Crippen molar-refractivity contribution >= 4 is 0 Å². The molecule has 1 saturated heterocycles. The van der Waals surface area contributed by atoms with Gasteiger partial charge in [-0.3, -0.25) is 4.90 Å². The maximum Gasteiger partial charge on any atom is 0.135 e. The summed E-state index contributed by atoms with van der Waals surface area (Å²) in [6.07, 6.45) is -3.54. The summed E-state index contributed by atoms with van der Waals surface area (Å²) in [5.74, 6) is -1.18. The second-order valence-electron chi connectivity index (χ2n) is 7.06. The van der Waals surface area contributed by atoms with Crippen molar-refractivity contribution in [3.05, 3.63) is 0 Å². The lowest BCUT2D eigenvalue weighted by molar-refractivity contribution is -0.233. The maximum atomic E-state index is 10.1. The van der Waals surface area contributed by atoms with Crippen LogP contribution in [0.5, 0.6) is 0 Å². The second-order valence-corrected chi connectivity index (χ2v) is 7.06. The number of hydrogen-bond acceptors (Lipinski definition) is 12. The van der Waals surface area contributed by atoms with Crippen molar-refractivity contribution in [2.75, 3.05) is 66.9 Å². The molecule has 1 rings (SSSR count). The van der Waals surface area contributed by atoms with Crippen LogP contribution in [0, 0.1) is 11.8 Å². The minimum atomic E-state index is -1.07. The largest absolute Gasteiger partial charge is 0.396 e. The number of morpholine rings is 1. The lowest BCUT2D eigenvalue weighted by Crippen LogP contribution is -2.50. The van der Waals surface area contributed by atoms with E-state index in [4.69, 9.17) is 30.0 Å². The maximum absolute atomic E-state index is 10.1. The van der Waals surface area contributed by atoms with E-state index in [0.717, 1.165) is 5.06 Å². The van der Waals surface area contributed by atoms with E-state index >= 15 is 0 Å². The normalized spacial score (nSPS) is 20.6. The van der Waals surface area contributed by atoms with Crippen molar-refractivity contribution in [1.82, 2.24) is 9.96 Å². The molecule has 1 aliphatic heterocycles. The third-order valence-corrected chi connectivity index (χ3v) is 5.13. The molecule has 0 amide bonds. The van der Waals surface area contributed by atoms with Crippen LogP contribution in [0.25, 0.3) is 0 Å². The summed E-state index contributed by atoms with van der Waals surface area (Å²) in [6.45, 7) is 1.14. The van der Waals surface area contributed by atoms with Crippen LogP contribution in [-0.2, 0) is 9.57 Å². The quantitative estimate of drug-likeness (QED) is 0.102. The first-order valence-corrected chi connectivity index (χ1v) is 10.0. The Bertz CT molecular complexity index is 404. The van der Waals surface area contributed by atoms with Crippen molar-refractivity contribution in [2.24, 2.45) is 11.8 Å². The SMILES string of the molecule is C.CON(C)C(O)[C@@H](CCO)[C@@H](O)CO.OCC[C@H](C(O)N1CCOCC1)[C@@H](O)CO. The predicted octanol–water partition coefficient (Wildman–Crippen LogP) is -3.23. The molecule has 0 aromatic heterocycles. The van der Waals surface area contributed by atoms with Gasteiger partial charge in [-0.1, -0.05) is 7.43 Å². The fourth-order valence-electron chi connectivity index (χ4n) is 3.14. The highest BCUT2D eigenvalue weighted by Crippen LogP contribution is 2.18. The monoisotopic (exact) mass is 460 g/mol. The summed E-state index contributed by atoms with van der Waals surface area (Å²) in [6, 6.07) is 0. The Balaban J connectivity index is 0. The minimum Gasteiger partial charge on any atom is -0.396 e. The van der Waals surface area contributed by atoms with Gasteiger partial charge in [-0.15, -0.1) is 0 Å². The molecule has 0 aromatic carbocycles. The minimum absolute atomic E-state index is 0. The van der Waals surface area contributed by atoms with Gasteiger partial charge in [-0.05, 0) is 12.8 Å². The standard InChI is InChI=1S/C10H21NO5.C8H19NO5.CH4/c12-4-1-8(9(14)7-13)10(15)11-2-5-16-6-3-11;1-9(14-2)8(13)6(3-4-10)7(12)5-11;/h8-10,12-15H,1-7H2;6-8,10-13H,3-5H2,1-2H3;1H4/t8-,9-,10?;6-,7-,8?;/m00./s1. The van der Waals surface area contributed by atoms with E-state index < -0.39 is 49.7 Å². The highest BCUT2D eigenvalue weighted by molar-refractivity contribution is 4.78. The zero-order valence-corrected chi connectivity index (χ0v) is 17.8. The number of rotatable bonds is 13. The molecule has 190 valence electrons. The molecule has 8 N–H and O–H groups in total. The summed E-state index contributed by atoms with van der Waals surface area (Å²) in [5.41, 5.74) is 0. The summed E-state index contributed by atoms with van der Waals surface area (Å²) in [4.78, 5) is 6.54. The van der Waals surface area contributed by atoms with E-state index in [1.54, 1.807) is 4.90 Å². The Hall–Kier alpha value is -0.480. The number of ether oxygens (including phenoxy) is 1. The van der Waals surface area contributed by atoms with Crippen LogP contribution in [0.3, 0.4) is 0 Å². The fraction of sp³-hybridized carbons (Fsp3) is 1.00. The molecule has 2 unspecified atom stereocenters. The first-order valence-electron chi connectivity index (χ1n) is 10.0. The summed E-state index contributed by atoms with van der Waals surface area (Å²) < 4.78 is 5.16. The van der Waals surface area contributed by atoms with Gasteiger partial charge < -0.3 is 50.4 Å². The summed E-state index contributed by atoms with van der Waals surface area (Å²) in [7, 11) is 2.88. The number of aliphatic hydroxyl groups excluding tert-OH is 8.